The highest BCUT2D eigenvalue weighted by molar-refractivity contribution is 9.10. The Morgan fingerprint density at radius 1 is 1.46 bits per heavy atom. The van der Waals surface area contributed by atoms with Crippen LogP contribution in [0.1, 0.15) is 26.7 Å². The van der Waals surface area contributed by atoms with E-state index >= 15 is 0 Å². The SMILES string of the molecule is CC(C)CCCOc1c(Br)c(F)cc2ncc3c([nH]c(=O)n3C)c12. The van der Waals surface area contributed by atoms with Gasteiger partial charge in [-0.05, 0) is 34.7 Å². The number of benzene rings is 1. The van der Waals surface area contributed by atoms with Crippen LogP contribution in [0.25, 0.3) is 21.9 Å². The molecule has 2 aromatic heterocycles. The van der Waals surface area contributed by atoms with Crippen molar-refractivity contribution in [1.82, 2.24) is 14.5 Å². The molecule has 24 heavy (non-hydrogen) atoms. The van der Waals surface area contributed by atoms with Crippen molar-refractivity contribution in [1.29, 1.82) is 0 Å². The summed E-state index contributed by atoms with van der Waals surface area (Å²) in [6, 6.07) is 1.34. The van der Waals surface area contributed by atoms with Crippen molar-refractivity contribution < 1.29 is 9.13 Å². The van der Waals surface area contributed by atoms with Gasteiger partial charge in [0.25, 0.3) is 0 Å². The van der Waals surface area contributed by atoms with Gasteiger partial charge in [-0.2, -0.15) is 0 Å². The van der Waals surface area contributed by atoms with E-state index in [1.807, 2.05) is 0 Å². The molecule has 128 valence electrons. The van der Waals surface area contributed by atoms with Gasteiger partial charge >= 0.3 is 5.69 Å². The third kappa shape index (κ3) is 2.92. The fourth-order valence-corrected chi connectivity index (χ4v) is 3.17. The van der Waals surface area contributed by atoms with Crippen molar-refractivity contribution in [2.75, 3.05) is 6.61 Å². The van der Waals surface area contributed by atoms with Crippen molar-refractivity contribution in [3.8, 4) is 5.75 Å². The maximum absolute atomic E-state index is 14.2. The van der Waals surface area contributed by atoms with Gasteiger partial charge in [0.2, 0.25) is 0 Å². The quantitative estimate of drug-likeness (QED) is 0.660. The molecule has 3 rings (SSSR count). The molecule has 0 unspecified atom stereocenters. The highest BCUT2D eigenvalue weighted by Gasteiger charge is 2.18. The Morgan fingerprint density at radius 2 is 2.21 bits per heavy atom. The number of fused-ring (bicyclic) bond motifs is 3. The van der Waals surface area contributed by atoms with Crippen molar-refractivity contribution in [3.63, 3.8) is 0 Å². The van der Waals surface area contributed by atoms with Gasteiger partial charge in [0.05, 0.1) is 39.2 Å². The van der Waals surface area contributed by atoms with Gasteiger partial charge in [0.1, 0.15) is 11.6 Å². The molecule has 0 saturated heterocycles. The Hall–Kier alpha value is -1.89. The summed E-state index contributed by atoms with van der Waals surface area (Å²) < 4.78 is 21.8. The lowest BCUT2D eigenvalue weighted by Crippen LogP contribution is -2.11. The first-order valence-corrected chi connectivity index (χ1v) is 8.67. The molecule has 1 N–H and O–H groups in total. The molecule has 0 aliphatic rings. The number of pyridine rings is 1. The minimum absolute atomic E-state index is 0.245. The number of aromatic nitrogens is 3. The maximum Gasteiger partial charge on any atom is 0.326 e. The molecule has 1 aromatic carbocycles. The zero-order chi connectivity index (χ0) is 17.4. The summed E-state index contributed by atoms with van der Waals surface area (Å²) in [5, 5.41) is 0.614. The van der Waals surface area contributed by atoms with Gasteiger partial charge in [-0.25, -0.2) is 9.18 Å². The third-order valence-electron chi connectivity index (χ3n) is 4.06. The number of ether oxygens (including phenoxy) is 1. The van der Waals surface area contributed by atoms with Crippen molar-refractivity contribution in [2.24, 2.45) is 13.0 Å². The molecule has 0 amide bonds. The monoisotopic (exact) mass is 395 g/mol. The Balaban J connectivity index is 2.15. The number of nitrogens with zero attached hydrogens (tertiary/aromatic N) is 2. The number of hydrogen-bond donors (Lipinski definition) is 1. The molecule has 3 aromatic rings. The van der Waals surface area contributed by atoms with E-state index < -0.39 is 5.82 Å². The zero-order valence-electron chi connectivity index (χ0n) is 13.8. The summed E-state index contributed by atoms with van der Waals surface area (Å²) >= 11 is 3.27. The van der Waals surface area contributed by atoms with E-state index in [2.05, 4.69) is 39.7 Å². The van der Waals surface area contributed by atoms with Crippen LogP contribution in [0.2, 0.25) is 0 Å². The van der Waals surface area contributed by atoms with E-state index in [0.717, 1.165) is 12.8 Å². The molecule has 0 saturated carbocycles. The van der Waals surface area contributed by atoms with E-state index in [-0.39, 0.29) is 10.2 Å². The van der Waals surface area contributed by atoms with Crippen LogP contribution in [0.15, 0.2) is 21.5 Å². The van der Waals surface area contributed by atoms with Crippen molar-refractivity contribution in [3.05, 3.63) is 33.0 Å². The lowest BCUT2D eigenvalue weighted by Gasteiger charge is -2.13. The average Bonchev–Trinajstić information content (AvgIpc) is 2.82. The molecule has 7 heteroatoms. The van der Waals surface area contributed by atoms with Gasteiger partial charge in [0.15, 0.2) is 0 Å². The molecular formula is C17H19BrFN3O2. The van der Waals surface area contributed by atoms with E-state index in [0.29, 0.717) is 40.2 Å². The van der Waals surface area contributed by atoms with Crippen molar-refractivity contribution in [2.45, 2.75) is 26.7 Å². The zero-order valence-corrected chi connectivity index (χ0v) is 15.4. The van der Waals surface area contributed by atoms with Crippen LogP contribution in [0.3, 0.4) is 0 Å². The molecule has 2 heterocycles. The topological polar surface area (TPSA) is 59.9 Å². The Kier molecular flexibility index (Phi) is 4.62. The normalized spacial score (nSPS) is 11.8. The minimum atomic E-state index is -0.438. The first kappa shape index (κ1) is 17.0. The highest BCUT2D eigenvalue weighted by Crippen LogP contribution is 2.38. The largest absolute Gasteiger partial charge is 0.491 e. The fourth-order valence-electron chi connectivity index (χ4n) is 2.74. The number of nitrogens with one attached hydrogen (secondary N) is 1. The van der Waals surface area contributed by atoms with Gasteiger partial charge in [0, 0.05) is 13.1 Å². The Labute approximate surface area is 147 Å². The second-order valence-electron chi connectivity index (χ2n) is 6.29. The van der Waals surface area contributed by atoms with Crippen LogP contribution in [0, 0.1) is 11.7 Å². The summed E-state index contributed by atoms with van der Waals surface area (Å²) in [5.41, 5.74) is 1.46. The van der Waals surface area contributed by atoms with Crippen LogP contribution >= 0.6 is 15.9 Å². The number of halogens is 2. The molecule has 0 bridgehead atoms. The van der Waals surface area contributed by atoms with Gasteiger partial charge in [-0.1, -0.05) is 13.8 Å². The number of H-pyrrole nitrogens is 1. The first-order valence-electron chi connectivity index (χ1n) is 7.88. The number of imidazole rings is 1. The predicted octanol–water partition coefficient (Wildman–Crippen LogP) is 4.13. The van der Waals surface area contributed by atoms with E-state index in [9.17, 15) is 9.18 Å². The molecule has 0 aliphatic carbocycles. The van der Waals surface area contributed by atoms with Gasteiger partial charge < -0.3 is 9.72 Å². The summed E-state index contributed by atoms with van der Waals surface area (Å²) in [7, 11) is 1.66. The van der Waals surface area contributed by atoms with E-state index in [1.54, 1.807) is 13.2 Å². The molecule has 0 fully saturated rings. The minimum Gasteiger partial charge on any atom is -0.491 e. The number of aryl methyl sites for hydroxylation is 1. The first-order chi connectivity index (χ1) is 11.4. The third-order valence-corrected chi connectivity index (χ3v) is 4.80. The summed E-state index contributed by atoms with van der Waals surface area (Å²) in [6.45, 7) is 4.77. The molecule has 0 spiro atoms. The van der Waals surface area contributed by atoms with Crippen LogP contribution in [-0.4, -0.2) is 21.1 Å². The van der Waals surface area contributed by atoms with Crippen LogP contribution < -0.4 is 10.4 Å². The second kappa shape index (κ2) is 6.55. The lowest BCUT2D eigenvalue weighted by molar-refractivity contribution is 0.298. The molecular weight excluding hydrogens is 377 g/mol. The van der Waals surface area contributed by atoms with Crippen molar-refractivity contribution >= 4 is 37.9 Å². The lowest BCUT2D eigenvalue weighted by atomic mass is 10.1. The maximum atomic E-state index is 14.2. The summed E-state index contributed by atoms with van der Waals surface area (Å²) in [5.74, 6) is 0.528. The van der Waals surface area contributed by atoms with Crippen LogP contribution in [0.5, 0.6) is 5.75 Å². The van der Waals surface area contributed by atoms with E-state index in [1.165, 1.54) is 10.6 Å². The smallest absolute Gasteiger partial charge is 0.326 e. The molecule has 0 radical (unpaired) electrons. The van der Waals surface area contributed by atoms with Crippen LogP contribution in [-0.2, 0) is 7.05 Å². The summed E-state index contributed by atoms with van der Waals surface area (Å²) in [6.07, 6.45) is 3.46. The Morgan fingerprint density at radius 3 is 2.92 bits per heavy atom. The standard InChI is InChI=1S/C17H19BrFN3O2/c1-9(2)5-4-6-24-16-13-11(7-10(19)14(16)18)20-8-12-15(13)21-17(23)22(12)3/h7-9H,4-6H2,1-3H3,(H,21,23). The second-order valence-corrected chi connectivity index (χ2v) is 7.08. The Bertz CT molecular complexity index is 962. The number of hydrogen-bond acceptors (Lipinski definition) is 3. The van der Waals surface area contributed by atoms with Gasteiger partial charge in [-0.3, -0.25) is 9.55 Å². The number of aromatic amines is 1. The summed E-state index contributed by atoms with van der Waals surface area (Å²) in [4.78, 5) is 19.0. The van der Waals surface area contributed by atoms with Crippen LogP contribution in [0.4, 0.5) is 4.39 Å². The highest BCUT2D eigenvalue weighted by atomic mass is 79.9. The predicted molar refractivity (Wildman–Crippen MR) is 96.1 cm³/mol. The fraction of sp³-hybridized carbons (Fsp3) is 0.412. The molecule has 0 aliphatic heterocycles. The molecule has 0 atom stereocenters. The van der Waals surface area contributed by atoms with E-state index in [4.69, 9.17) is 4.74 Å². The average molecular weight is 396 g/mol. The van der Waals surface area contributed by atoms with Gasteiger partial charge in [-0.15, -0.1) is 0 Å². The molecule has 5 nitrogen and oxygen atoms in total. The number of rotatable bonds is 5.